The molecule has 0 unspecified atom stereocenters. The molecule has 13 heteroatoms. The van der Waals surface area contributed by atoms with Gasteiger partial charge in [0.05, 0.1) is 22.8 Å². The van der Waals surface area contributed by atoms with Gasteiger partial charge in [-0.2, -0.15) is 4.57 Å². The van der Waals surface area contributed by atoms with Crippen LogP contribution < -0.4 is 28.1 Å². The maximum atomic E-state index is 10.4. The topological polar surface area (TPSA) is 180 Å². The molecule has 0 saturated heterocycles. The van der Waals surface area contributed by atoms with Crippen molar-refractivity contribution in [1.82, 2.24) is 0 Å². The van der Waals surface area contributed by atoms with E-state index in [2.05, 4.69) is 33.7 Å². The van der Waals surface area contributed by atoms with Crippen molar-refractivity contribution in [3.63, 3.8) is 0 Å². The number of rotatable bonds is 6. The minimum Gasteiger partial charge on any atom is -0.508 e. The van der Waals surface area contributed by atoms with Crippen molar-refractivity contribution in [3.8, 4) is 23.0 Å². The summed E-state index contributed by atoms with van der Waals surface area (Å²) in [6.45, 7) is 0.813. The Morgan fingerprint density at radius 1 is 0.773 bits per heavy atom. The molecular weight excluding hydrogens is 628 g/mol. The van der Waals surface area contributed by atoms with Crippen LogP contribution in [0.3, 0.4) is 0 Å². The molecule has 226 valence electrons. The first-order valence-corrected chi connectivity index (χ1v) is 15.8. The van der Waals surface area contributed by atoms with Crippen LogP contribution >= 0.6 is 23.1 Å². The number of halogens is 1. The number of thioether (sulfide) groups is 1. The Balaban J connectivity index is 0.000000712. The van der Waals surface area contributed by atoms with E-state index in [-0.39, 0.29) is 23.0 Å². The molecule has 1 aliphatic rings. The molecule has 5 aromatic rings. The van der Waals surface area contributed by atoms with E-state index < -0.39 is 10.2 Å². The van der Waals surface area contributed by atoms with E-state index in [9.17, 15) is 20.4 Å². The second-order valence-electron chi connectivity index (χ2n) is 9.52. The van der Waals surface area contributed by atoms with Gasteiger partial charge in [-0.1, -0.05) is 53.4 Å². The zero-order valence-electron chi connectivity index (χ0n) is 22.7. The minimum atomic E-state index is -4.94. The fourth-order valence-corrected chi connectivity index (χ4v) is 6.78. The number of thiazole rings is 1. The summed E-state index contributed by atoms with van der Waals surface area (Å²) in [5, 5.41) is 42.7. The molecule has 0 atom stereocenters. The Bertz CT molecular complexity index is 1860. The average Bonchev–Trinajstić information content (AvgIpc) is 3.49. The van der Waals surface area contributed by atoms with Gasteiger partial charge in [-0.05, 0) is 60.7 Å². The molecule has 0 fully saturated rings. The predicted octanol–water partition coefficient (Wildman–Crippen LogP) is 1.97. The van der Waals surface area contributed by atoms with Gasteiger partial charge in [0.15, 0.2) is 6.54 Å². The number of anilines is 1. The van der Waals surface area contributed by atoms with Crippen LogP contribution in [0.25, 0.3) is 16.3 Å². The number of allylic oxidation sites excluding steroid dienone is 2. The average molecular weight is 653 g/mol. The lowest BCUT2D eigenvalue weighted by atomic mass is 10.1. The van der Waals surface area contributed by atoms with E-state index in [1.165, 1.54) is 24.3 Å². The Kier molecular flexibility index (Phi) is 9.32. The second kappa shape index (κ2) is 13.2. The van der Waals surface area contributed by atoms with Crippen LogP contribution in [0.5, 0.6) is 23.0 Å². The lowest BCUT2D eigenvalue weighted by Crippen LogP contribution is -2.68. The van der Waals surface area contributed by atoms with Crippen molar-refractivity contribution >= 4 is 45.1 Å². The number of para-hydroxylation sites is 2. The summed E-state index contributed by atoms with van der Waals surface area (Å²) in [7, 11) is -4.94. The van der Waals surface area contributed by atoms with Crippen LogP contribution in [0.15, 0.2) is 107 Å². The molecule has 0 bridgehead atoms. The SMILES string of the molecule is Oc1ccc(O)c(CN2C(=CC=Cc3sc4ccccc4[n+]3Cc3cc(O)ccc3O)Sc3ccccc32)c1.[O-][Cl+3]([O-])([O-])[O-]. The standard InChI is InChI=1S/C31H24N2O4S2.ClHO4/c34-22-12-14-26(36)20(16-22)18-32-24-6-1-3-8-28(24)38-30(32)10-5-11-31-33(25-7-2-4-9-29(25)39-31)19-21-17-23(35)13-15-27(21)37;2-1(3,4)5/h1-17H,18-19H2,(H3-,34,35,36,37);(H,2,3,4,5). The number of hydrogen-bond acceptors (Lipinski definition) is 11. The zero-order valence-corrected chi connectivity index (χ0v) is 25.1. The largest absolute Gasteiger partial charge is 0.508 e. The first-order valence-electron chi connectivity index (χ1n) is 12.9. The predicted molar refractivity (Wildman–Crippen MR) is 156 cm³/mol. The van der Waals surface area contributed by atoms with Crippen molar-refractivity contribution in [2.45, 2.75) is 18.0 Å². The Morgan fingerprint density at radius 2 is 1.39 bits per heavy atom. The van der Waals surface area contributed by atoms with E-state index in [0.717, 1.165) is 30.8 Å². The fourth-order valence-electron chi connectivity index (χ4n) is 4.63. The van der Waals surface area contributed by atoms with Crippen molar-refractivity contribution in [2.24, 2.45) is 0 Å². The van der Waals surface area contributed by atoms with Gasteiger partial charge >= 0.3 is 0 Å². The van der Waals surface area contributed by atoms with Gasteiger partial charge in [-0.3, -0.25) is 0 Å². The first kappa shape index (κ1) is 31.2. The molecule has 4 aromatic carbocycles. The van der Waals surface area contributed by atoms with Crippen molar-refractivity contribution in [3.05, 3.63) is 118 Å². The van der Waals surface area contributed by atoms with Crippen molar-refractivity contribution < 1.29 is 53.9 Å². The molecule has 1 aliphatic heterocycles. The summed E-state index contributed by atoms with van der Waals surface area (Å²) >= 11 is 3.30. The van der Waals surface area contributed by atoms with E-state index in [1.54, 1.807) is 35.2 Å². The van der Waals surface area contributed by atoms with Gasteiger partial charge in [0, 0.05) is 22.6 Å². The van der Waals surface area contributed by atoms with Crippen LogP contribution in [-0.4, -0.2) is 20.4 Å². The van der Waals surface area contributed by atoms with Gasteiger partial charge in [-0.15, -0.1) is 10.2 Å². The number of phenols is 4. The van der Waals surface area contributed by atoms with Gasteiger partial charge in [0.25, 0.3) is 5.01 Å². The third-order valence-electron chi connectivity index (χ3n) is 6.53. The smallest absolute Gasteiger partial charge is 0.263 e. The van der Waals surface area contributed by atoms with Gasteiger partial charge in [0.1, 0.15) is 27.7 Å². The highest BCUT2D eigenvalue weighted by molar-refractivity contribution is 8.03. The number of nitrogens with zero attached hydrogens (tertiary/aromatic N) is 2. The normalized spacial score (nSPS) is 13.8. The lowest BCUT2D eigenvalue weighted by Gasteiger charge is -2.21. The van der Waals surface area contributed by atoms with Crippen LogP contribution in [0.2, 0.25) is 0 Å². The van der Waals surface area contributed by atoms with Gasteiger partial charge < -0.3 is 25.3 Å². The summed E-state index contributed by atoms with van der Waals surface area (Å²) in [5.74, 6) is 0.498. The van der Waals surface area contributed by atoms with Crippen molar-refractivity contribution in [2.75, 3.05) is 4.90 Å². The molecule has 0 radical (unpaired) electrons. The zero-order chi connectivity index (χ0) is 31.4. The molecular formula is C31H25ClN2O8S2. The summed E-state index contributed by atoms with van der Waals surface area (Å²) in [4.78, 5) is 3.25. The number of hydrogen-bond donors (Lipinski definition) is 4. The Morgan fingerprint density at radius 3 is 2.11 bits per heavy atom. The molecule has 0 aliphatic carbocycles. The second-order valence-corrected chi connectivity index (χ2v) is 12.4. The molecule has 0 spiro atoms. The van der Waals surface area contributed by atoms with Crippen LogP contribution in [-0.2, 0) is 13.1 Å². The van der Waals surface area contributed by atoms with Crippen molar-refractivity contribution in [1.29, 1.82) is 0 Å². The molecule has 0 saturated carbocycles. The monoisotopic (exact) mass is 652 g/mol. The summed E-state index contributed by atoms with van der Waals surface area (Å²) in [6, 6.07) is 25.4. The fraction of sp³-hybridized carbons (Fsp3) is 0.0645. The maximum absolute atomic E-state index is 10.4. The molecule has 0 amide bonds. The number of benzene rings is 4. The molecule has 4 N–H and O–H groups in total. The minimum absolute atomic E-state index is 0.112. The van der Waals surface area contributed by atoms with E-state index >= 15 is 0 Å². The number of aromatic hydroxyl groups is 4. The van der Waals surface area contributed by atoms with Crippen LogP contribution in [0.4, 0.5) is 5.69 Å². The van der Waals surface area contributed by atoms with Gasteiger partial charge in [0.2, 0.25) is 5.52 Å². The van der Waals surface area contributed by atoms with E-state index in [4.69, 9.17) is 18.6 Å². The molecule has 2 heterocycles. The third-order valence-corrected chi connectivity index (χ3v) is 8.80. The highest BCUT2D eigenvalue weighted by Gasteiger charge is 2.26. The van der Waals surface area contributed by atoms with Gasteiger partial charge in [-0.25, -0.2) is 18.6 Å². The Hall–Kier alpha value is -4.27. The molecule has 1 aromatic heterocycles. The van der Waals surface area contributed by atoms with Crippen LogP contribution in [0.1, 0.15) is 16.1 Å². The highest BCUT2D eigenvalue weighted by atomic mass is 35.7. The van der Waals surface area contributed by atoms with E-state index in [0.29, 0.717) is 24.2 Å². The number of phenolic OH excluding ortho intramolecular Hbond substituents is 4. The third kappa shape index (κ3) is 7.62. The van der Waals surface area contributed by atoms with E-state index in [1.807, 2.05) is 42.5 Å². The summed E-state index contributed by atoms with van der Waals surface area (Å²) < 4.78 is 37.2. The highest BCUT2D eigenvalue weighted by Crippen LogP contribution is 2.47. The Labute approximate surface area is 262 Å². The first-order chi connectivity index (χ1) is 21.0. The maximum Gasteiger partial charge on any atom is 0.263 e. The molecule has 10 nitrogen and oxygen atoms in total. The lowest BCUT2D eigenvalue weighted by molar-refractivity contribution is -2.00. The molecule has 6 rings (SSSR count). The summed E-state index contributed by atoms with van der Waals surface area (Å²) in [5.41, 5.74) is 3.35. The number of fused-ring (bicyclic) bond motifs is 2. The van der Waals surface area contributed by atoms with Crippen LogP contribution in [0, 0.1) is 10.2 Å². The molecule has 44 heavy (non-hydrogen) atoms. The quantitative estimate of drug-likeness (QED) is 0.156. The number of aromatic nitrogens is 1. The summed E-state index contributed by atoms with van der Waals surface area (Å²) in [6.07, 6.45) is 6.10.